The minimum Gasteiger partial charge on any atom is -0.454 e. The first-order valence-electron chi connectivity index (χ1n) is 7.33. The zero-order chi connectivity index (χ0) is 16.0. The van der Waals surface area contributed by atoms with Gasteiger partial charge in [0.1, 0.15) is 11.4 Å². The lowest BCUT2D eigenvalue weighted by Crippen LogP contribution is -2.13. The molecule has 0 bridgehead atoms. The number of thioether (sulfide) groups is 1. The van der Waals surface area contributed by atoms with Crippen molar-refractivity contribution in [3.8, 4) is 11.5 Å². The maximum absolute atomic E-state index is 12.6. The average molecular weight is 345 g/mol. The molecule has 0 N–H and O–H groups in total. The SMILES string of the molecule is Cc1c(S(=O)(=O)CC2CS2)ccc2c1C=Nc1ccccc1O2. The molecule has 2 aliphatic rings. The van der Waals surface area contributed by atoms with Gasteiger partial charge in [-0.25, -0.2) is 8.42 Å². The van der Waals surface area contributed by atoms with Crippen molar-refractivity contribution in [2.75, 3.05) is 11.5 Å². The normalized spacial score (nSPS) is 18.6. The van der Waals surface area contributed by atoms with Gasteiger partial charge in [0.15, 0.2) is 15.6 Å². The van der Waals surface area contributed by atoms with Crippen LogP contribution >= 0.6 is 11.8 Å². The summed E-state index contributed by atoms with van der Waals surface area (Å²) in [7, 11) is -3.28. The number of nitrogens with zero attached hydrogens (tertiary/aromatic N) is 1. The molecule has 2 aromatic carbocycles. The van der Waals surface area contributed by atoms with Crippen molar-refractivity contribution in [3.63, 3.8) is 0 Å². The summed E-state index contributed by atoms with van der Waals surface area (Å²) >= 11 is 1.69. The van der Waals surface area contributed by atoms with Crippen LogP contribution in [0.5, 0.6) is 11.5 Å². The van der Waals surface area contributed by atoms with Gasteiger partial charge >= 0.3 is 0 Å². The van der Waals surface area contributed by atoms with Crippen LogP contribution in [-0.2, 0) is 9.84 Å². The fourth-order valence-electron chi connectivity index (χ4n) is 2.67. The van der Waals surface area contributed by atoms with Crippen LogP contribution in [0, 0.1) is 6.92 Å². The molecule has 0 spiro atoms. The topological polar surface area (TPSA) is 55.7 Å². The third-order valence-corrected chi connectivity index (χ3v) is 7.12. The van der Waals surface area contributed by atoms with E-state index in [1.165, 1.54) is 0 Å². The van der Waals surface area contributed by atoms with Gasteiger partial charge in [0.05, 0.1) is 10.6 Å². The molecule has 0 aliphatic carbocycles. The molecule has 4 rings (SSSR count). The Kier molecular flexibility index (Phi) is 3.46. The van der Waals surface area contributed by atoms with Crippen LogP contribution in [0.3, 0.4) is 0 Å². The Labute approximate surface area is 139 Å². The van der Waals surface area contributed by atoms with Crippen LogP contribution in [0.4, 0.5) is 5.69 Å². The van der Waals surface area contributed by atoms with E-state index < -0.39 is 9.84 Å². The van der Waals surface area contributed by atoms with Gasteiger partial charge < -0.3 is 4.74 Å². The molecule has 6 heteroatoms. The Morgan fingerprint density at radius 3 is 2.78 bits per heavy atom. The smallest absolute Gasteiger partial charge is 0.179 e. The first kappa shape index (κ1) is 14.8. The number of aliphatic imine (C=N–C) groups is 1. The van der Waals surface area contributed by atoms with Crippen LogP contribution in [0.2, 0.25) is 0 Å². The summed E-state index contributed by atoms with van der Waals surface area (Å²) in [5.41, 5.74) is 2.16. The molecule has 2 heterocycles. The number of hydrogen-bond acceptors (Lipinski definition) is 5. The second-order valence-electron chi connectivity index (χ2n) is 5.67. The van der Waals surface area contributed by atoms with E-state index in [9.17, 15) is 8.42 Å². The van der Waals surface area contributed by atoms with E-state index in [2.05, 4.69) is 4.99 Å². The molecule has 4 nitrogen and oxygen atoms in total. The van der Waals surface area contributed by atoms with Gasteiger partial charge in [-0.05, 0) is 36.8 Å². The summed E-state index contributed by atoms with van der Waals surface area (Å²) in [6, 6.07) is 10.9. The standard InChI is InChI=1S/C17H15NO3S2/c1-11-13-8-18-14-4-2-3-5-16(14)21-15(13)6-7-17(11)23(19,20)10-12-9-22-12/h2-8,12H,9-10H2,1H3. The van der Waals surface area contributed by atoms with Gasteiger partial charge in [0.25, 0.3) is 0 Å². The van der Waals surface area contributed by atoms with Gasteiger partial charge in [-0.2, -0.15) is 11.8 Å². The molecule has 0 saturated carbocycles. The zero-order valence-corrected chi connectivity index (χ0v) is 14.2. The number of hydrogen-bond donors (Lipinski definition) is 0. The van der Waals surface area contributed by atoms with Crippen LogP contribution in [-0.4, -0.2) is 31.4 Å². The van der Waals surface area contributed by atoms with E-state index in [0.717, 1.165) is 17.0 Å². The molecular weight excluding hydrogens is 330 g/mol. The molecule has 1 fully saturated rings. The number of fused-ring (bicyclic) bond motifs is 2. The number of sulfone groups is 1. The first-order valence-corrected chi connectivity index (χ1v) is 10.0. The van der Waals surface area contributed by atoms with E-state index in [1.54, 1.807) is 30.1 Å². The summed E-state index contributed by atoms with van der Waals surface area (Å²) in [6.07, 6.45) is 1.70. The summed E-state index contributed by atoms with van der Waals surface area (Å²) in [5.74, 6) is 2.45. The van der Waals surface area contributed by atoms with Gasteiger partial charge in [0, 0.05) is 22.8 Å². The highest BCUT2D eigenvalue weighted by Crippen LogP contribution is 2.39. The van der Waals surface area contributed by atoms with Gasteiger partial charge in [-0.3, -0.25) is 4.99 Å². The van der Waals surface area contributed by atoms with Crippen molar-refractivity contribution >= 4 is 33.5 Å². The Morgan fingerprint density at radius 1 is 1.22 bits per heavy atom. The molecule has 1 atom stereocenters. The second-order valence-corrected chi connectivity index (χ2v) is 9.00. The van der Waals surface area contributed by atoms with Crippen LogP contribution in [0.1, 0.15) is 11.1 Å². The van der Waals surface area contributed by atoms with Crippen molar-refractivity contribution < 1.29 is 13.2 Å². The first-order chi connectivity index (χ1) is 11.0. The lowest BCUT2D eigenvalue weighted by molar-refractivity contribution is 0.484. The zero-order valence-electron chi connectivity index (χ0n) is 12.5. The highest BCUT2D eigenvalue weighted by molar-refractivity contribution is 8.08. The Hall–Kier alpha value is -1.79. The number of para-hydroxylation sites is 2. The highest BCUT2D eigenvalue weighted by atomic mass is 32.2. The quantitative estimate of drug-likeness (QED) is 0.679. The van der Waals surface area contributed by atoms with Crippen LogP contribution < -0.4 is 4.74 Å². The minimum absolute atomic E-state index is 0.204. The molecule has 118 valence electrons. The third kappa shape index (κ3) is 2.77. The molecule has 0 aromatic heterocycles. The molecule has 0 radical (unpaired) electrons. The summed E-state index contributed by atoms with van der Waals surface area (Å²) in [6.45, 7) is 1.82. The van der Waals surface area contributed by atoms with Crippen molar-refractivity contribution in [1.29, 1.82) is 0 Å². The monoisotopic (exact) mass is 345 g/mol. The van der Waals surface area contributed by atoms with Crippen molar-refractivity contribution in [2.45, 2.75) is 17.1 Å². The molecule has 1 saturated heterocycles. The van der Waals surface area contributed by atoms with E-state index in [-0.39, 0.29) is 11.0 Å². The second kappa shape index (κ2) is 5.39. The molecule has 23 heavy (non-hydrogen) atoms. The lowest BCUT2D eigenvalue weighted by atomic mass is 10.1. The summed E-state index contributed by atoms with van der Waals surface area (Å²) in [5, 5.41) is 0.243. The van der Waals surface area contributed by atoms with E-state index in [1.807, 2.05) is 31.2 Å². The van der Waals surface area contributed by atoms with E-state index in [4.69, 9.17) is 4.74 Å². The van der Waals surface area contributed by atoms with Crippen molar-refractivity contribution in [3.05, 3.63) is 47.5 Å². The Balaban J connectivity index is 1.80. The Morgan fingerprint density at radius 2 is 2.00 bits per heavy atom. The predicted molar refractivity (Wildman–Crippen MR) is 93.2 cm³/mol. The summed E-state index contributed by atoms with van der Waals surface area (Å²) < 4.78 is 31.1. The van der Waals surface area contributed by atoms with Crippen LogP contribution in [0.15, 0.2) is 46.3 Å². The van der Waals surface area contributed by atoms with E-state index in [0.29, 0.717) is 22.0 Å². The highest BCUT2D eigenvalue weighted by Gasteiger charge is 2.31. The van der Waals surface area contributed by atoms with Crippen LogP contribution in [0.25, 0.3) is 0 Å². The van der Waals surface area contributed by atoms with Gasteiger partial charge in [-0.1, -0.05) is 12.1 Å². The van der Waals surface area contributed by atoms with E-state index >= 15 is 0 Å². The Bertz CT molecular complexity index is 915. The number of benzene rings is 2. The molecule has 1 unspecified atom stereocenters. The number of rotatable bonds is 3. The van der Waals surface area contributed by atoms with Crippen molar-refractivity contribution in [1.82, 2.24) is 0 Å². The average Bonchev–Trinajstić information content (AvgIpc) is 3.32. The minimum atomic E-state index is -3.28. The summed E-state index contributed by atoms with van der Waals surface area (Å²) in [4.78, 5) is 4.82. The van der Waals surface area contributed by atoms with Gasteiger partial charge in [0.2, 0.25) is 0 Å². The maximum Gasteiger partial charge on any atom is 0.179 e. The molecule has 2 aromatic rings. The fraction of sp³-hybridized carbons (Fsp3) is 0.235. The van der Waals surface area contributed by atoms with Crippen molar-refractivity contribution in [2.24, 2.45) is 4.99 Å². The largest absolute Gasteiger partial charge is 0.454 e. The maximum atomic E-state index is 12.6. The van der Waals surface area contributed by atoms with Gasteiger partial charge in [-0.15, -0.1) is 0 Å². The lowest BCUT2D eigenvalue weighted by Gasteiger charge is -2.13. The fourth-order valence-corrected chi connectivity index (χ4v) is 5.64. The predicted octanol–water partition coefficient (Wildman–Crippen LogP) is 3.74. The molecular formula is C17H15NO3S2. The third-order valence-electron chi connectivity index (χ3n) is 3.99. The number of ether oxygens (including phenoxy) is 1. The molecule has 2 aliphatic heterocycles. The molecule has 0 amide bonds.